The monoisotopic (exact) mass is 268 g/mol. The smallest absolute Gasteiger partial charge is 0.0702 e. The van der Waals surface area contributed by atoms with Gasteiger partial charge in [-0.1, -0.05) is 19.8 Å². The Hall–Kier alpha value is -0.120. The van der Waals surface area contributed by atoms with E-state index in [2.05, 4.69) is 18.7 Å². The second-order valence-corrected chi connectivity index (χ2v) is 6.63. The van der Waals surface area contributed by atoms with Crippen LogP contribution >= 0.6 is 0 Å². The van der Waals surface area contributed by atoms with Crippen molar-refractivity contribution in [2.24, 2.45) is 11.7 Å². The highest BCUT2D eigenvalue weighted by Gasteiger charge is 2.39. The van der Waals surface area contributed by atoms with Gasteiger partial charge in [0.15, 0.2) is 0 Å². The predicted octanol–water partition coefficient (Wildman–Crippen LogP) is 2.79. The lowest BCUT2D eigenvalue weighted by atomic mass is 9.85. The van der Waals surface area contributed by atoms with Gasteiger partial charge in [0.2, 0.25) is 0 Å². The third kappa shape index (κ3) is 3.71. The SMILES string of the molecule is CCOC1CCCN(C2(CN)CCCC(C)CC2)C1. The standard InChI is InChI=1S/C16H32N2O/c1-3-19-15-7-5-11-18(12-15)16(13-17)9-4-6-14(2)8-10-16/h14-15H,3-13,17H2,1-2H3. The molecule has 1 aliphatic heterocycles. The van der Waals surface area contributed by atoms with Gasteiger partial charge >= 0.3 is 0 Å². The zero-order chi connectivity index (χ0) is 13.7. The fourth-order valence-electron chi connectivity index (χ4n) is 3.95. The van der Waals surface area contributed by atoms with Crippen molar-refractivity contribution in [2.45, 2.75) is 70.4 Å². The van der Waals surface area contributed by atoms with Gasteiger partial charge in [-0.05, 0) is 51.5 Å². The van der Waals surface area contributed by atoms with Crippen LogP contribution in [-0.4, -0.2) is 42.8 Å². The van der Waals surface area contributed by atoms with E-state index in [0.717, 1.165) is 25.6 Å². The first-order valence-electron chi connectivity index (χ1n) is 8.27. The van der Waals surface area contributed by atoms with E-state index in [1.807, 2.05) is 0 Å². The van der Waals surface area contributed by atoms with Crippen LogP contribution in [0.25, 0.3) is 0 Å². The largest absolute Gasteiger partial charge is 0.377 e. The zero-order valence-electron chi connectivity index (χ0n) is 12.9. The molecule has 0 radical (unpaired) electrons. The molecule has 3 atom stereocenters. The first-order valence-corrected chi connectivity index (χ1v) is 8.27. The fourth-order valence-corrected chi connectivity index (χ4v) is 3.95. The highest BCUT2D eigenvalue weighted by atomic mass is 16.5. The van der Waals surface area contributed by atoms with E-state index < -0.39 is 0 Å². The number of nitrogens with two attached hydrogens (primary N) is 1. The number of rotatable bonds is 4. The first kappa shape index (κ1) is 15.3. The second-order valence-electron chi connectivity index (χ2n) is 6.63. The maximum atomic E-state index is 6.22. The molecule has 3 heteroatoms. The summed E-state index contributed by atoms with van der Waals surface area (Å²) >= 11 is 0. The summed E-state index contributed by atoms with van der Waals surface area (Å²) in [5.41, 5.74) is 6.49. The summed E-state index contributed by atoms with van der Waals surface area (Å²) in [6.07, 6.45) is 9.55. The maximum Gasteiger partial charge on any atom is 0.0702 e. The number of nitrogens with zero attached hydrogens (tertiary/aromatic N) is 1. The van der Waals surface area contributed by atoms with Crippen molar-refractivity contribution in [1.82, 2.24) is 4.90 Å². The van der Waals surface area contributed by atoms with Crippen molar-refractivity contribution in [3.05, 3.63) is 0 Å². The van der Waals surface area contributed by atoms with E-state index in [4.69, 9.17) is 10.5 Å². The van der Waals surface area contributed by atoms with E-state index in [9.17, 15) is 0 Å². The molecular weight excluding hydrogens is 236 g/mol. The normalized spacial score (nSPS) is 38.1. The van der Waals surface area contributed by atoms with Crippen LogP contribution in [0.15, 0.2) is 0 Å². The van der Waals surface area contributed by atoms with Crippen LogP contribution < -0.4 is 5.73 Å². The fraction of sp³-hybridized carbons (Fsp3) is 1.00. The number of ether oxygens (including phenoxy) is 1. The lowest BCUT2D eigenvalue weighted by Crippen LogP contribution is -2.58. The van der Waals surface area contributed by atoms with Gasteiger partial charge in [-0.2, -0.15) is 0 Å². The number of likely N-dealkylation sites (tertiary alicyclic amines) is 1. The lowest BCUT2D eigenvalue weighted by Gasteiger charge is -2.47. The van der Waals surface area contributed by atoms with E-state index in [0.29, 0.717) is 6.10 Å². The molecule has 2 aliphatic rings. The molecule has 3 unspecified atom stereocenters. The third-order valence-electron chi connectivity index (χ3n) is 5.27. The average Bonchev–Trinajstić information content (AvgIpc) is 2.62. The van der Waals surface area contributed by atoms with Crippen molar-refractivity contribution < 1.29 is 4.74 Å². The average molecular weight is 268 g/mol. The Morgan fingerprint density at radius 1 is 1.21 bits per heavy atom. The molecule has 112 valence electrons. The minimum absolute atomic E-state index is 0.264. The molecule has 3 nitrogen and oxygen atoms in total. The van der Waals surface area contributed by atoms with Crippen LogP contribution in [-0.2, 0) is 4.74 Å². The van der Waals surface area contributed by atoms with Gasteiger partial charge in [0.1, 0.15) is 0 Å². The van der Waals surface area contributed by atoms with Crippen LogP contribution in [0.3, 0.4) is 0 Å². The molecule has 1 saturated carbocycles. The number of piperidine rings is 1. The molecule has 0 spiro atoms. The Balaban J connectivity index is 2.02. The van der Waals surface area contributed by atoms with Crippen molar-refractivity contribution >= 4 is 0 Å². The van der Waals surface area contributed by atoms with Crippen LogP contribution in [0.4, 0.5) is 0 Å². The van der Waals surface area contributed by atoms with E-state index >= 15 is 0 Å². The zero-order valence-corrected chi connectivity index (χ0v) is 12.9. The van der Waals surface area contributed by atoms with Crippen molar-refractivity contribution in [1.29, 1.82) is 0 Å². The Labute approximate surface area is 118 Å². The predicted molar refractivity (Wildman–Crippen MR) is 80.3 cm³/mol. The Morgan fingerprint density at radius 3 is 2.79 bits per heavy atom. The third-order valence-corrected chi connectivity index (χ3v) is 5.27. The molecule has 0 aromatic rings. The molecular formula is C16H32N2O. The highest BCUT2D eigenvalue weighted by molar-refractivity contribution is 4.96. The Kier molecular flexibility index (Phi) is 5.67. The van der Waals surface area contributed by atoms with Crippen LogP contribution in [0, 0.1) is 5.92 Å². The van der Waals surface area contributed by atoms with Gasteiger partial charge in [0.25, 0.3) is 0 Å². The minimum Gasteiger partial charge on any atom is -0.377 e. The molecule has 0 amide bonds. The molecule has 2 N–H and O–H groups in total. The molecule has 1 heterocycles. The molecule has 0 aromatic carbocycles. The molecule has 2 rings (SSSR count). The Morgan fingerprint density at radius 2 is 2.05 bits per heavy atom. The van der Waals surface area contributed by atoms with Crippen molar-refractivity contribution in [3.8, 4) is 0 Å². The van der Waals surface area contributed by atoms with E-state index in [1.165, 1.54) is 51.5 Å². The Bertz CT molecular complexity index is 269. The summed E-state index contributed by atoms with van der Waals surface area (Å²) < 4.78 is 5.86. The number of hydrogen-bond acceptors (Lipinski definition) is 3. The van der Waals surface area contributed by atoms with Gasteiger partial charge in [-0.3, -0.25) is 4.90 Å². The van der Waals surface area contributed by atoms with Crippen LogP contribution in [0.5, 0.6) is 0 Å². The summed E-state index contributed by atoms with van der Waals surface area (Å²) in [6, 6.07) is 0. The second kappa shape index (κ2) is 7.05. The molecule has 1 saturated heterocycles. The summed E-state index contributed by atoms with van der Waals surface area (Å²) in [5.74, 6) is 0.876. The molecule has 19 heavy (non-hydrogen) atoms. The molecule has 2 fully saturated rings. The van der Waals surface area contributed by atoms with Crippen LogP contribution in [0.2, 0.25) is 0 Å². The maximum absolute atomic E-state index is 6.22. The van der Waals surface area contributed by atoms with E-state index in [-0.39, 0.29) is 5.54 Å². The molecule has 0 aromatic heterocycles. The molecule has 1 aliphatic carbocycles. The van der Waals surface area contributed by atoms with Crippen LogP contribution in [0.1, 0.15) is 58.8 Å². The lowest BCUT2D eigenvalue weighted by molar-refractivity contribution is -0.0374. The quantitative estimate of drug-likeness (QED) is 0.797. The van der Waals surface area contributed by atoms with Crippen molar-refractivity contribution in [3.63, 3.8) is 0 Å². The van der Waals surface area contributed by atoms with Gasteiger partial charge in [-0.25, -0.2) is 0 Å². The summed E-state index contributed by atoms with van der Waals surface area (Å²) in [7, 11) is 0. The highest BCUT2D eigenvalue weighted by Crippen LogP contribution is 2.36. The van der Waals surface area contributed by atoms with Gasteiger partial charge in [0.05, 0.1) is 6.10 Å². The summed E-state index contributed by atoms with van der Waals surface area (Å²) in [6.45, 7) is 8.47. The summed E-state index contributed by atoms with van der Waals surface area (Å²) in [4.78, 5) is 2.68. The summed E-state index contributed by atoms with van der Waals surface area (Å²) in [5, 5.41) is 0. The minimum atomic E-state index is 0.264. The topological polar surface area (TPSA) is 38.5 Å². The number of hydrogen-bond donors (Lipinski definition) is 1. The van der Waals surface area contributed by atoms with E-state index in [1.54, 1.807) is 0 Å². The van der Waals surface area contributed by atoms with Crippen molar-refractivity contribution in [2.75, 3.05) is 26.2 Å². The molecule has 0 bridgehead atoms. The van der Waals surface area contributed by atoms with Gasteiger partial charge in [-0.15, -0.1) is 0 Å². The van der Waals surface area contributed by atoms with Gasteiger partial charge in [0, 0.05) is 25.2 Å². The van der Waals surface area contributed by atoms with Gasteiger partial charge < -0.3 is 10.5 Å². The first-order chi connectivity index (χ1) is 9.20.